The van der Waals surface area contributed by atoms with Crippen LogP contribution in [0.1, 0.15) is 37.7 Å². The Labute approximate surface area is 152 Å². The molecular weight excluding hydrogens is 330 g/mol. The number of aromatic nitrogens is 2. The Morgan fingerprint density at radius 1 is 1.08 bits per heavy atom. The zero-order valence-electron chi connectivity index (χ0n) is 14.6. The van der Waals surface area contributed by atoms with Gasteiger partial charge in [-0.3, -0.25) is 10.1 Å². The van der Waals surface area contributed by atoms with Crippen molar-refractivity contribution in [3.05, 3.63) is 64.0 Å². The summed E-state index contributed by atoms with van der Waals surface area (Å²) in [5.41, 5.74) is 2.34. The van der Waals surface area contributed by atoms with E-state index >= 15 is 0 Å². The van der Waals surface area contributed by atoms with Gasteiger partial charge in [-0.2, -0.15) is 0 Å². The first kappa shape index (κ1) is 17.8. The van der Waals surface area contributed by atoms with Crippen LogP contribution in [-0.2, 0) is 6.54 Å². The van der Waals surface area contributed by atoms with Crippen molar-refractivity contribution < 1.29 is 4.92 Å². The molecule has 0 aliphatic heterocycles. The SMILES string of the molecule is O=[N+]([O-])c1c(NCCC2=CCCCC2)ncnc1NCc1ccccc1. The Bertz CT molecular complexity index is 777. The normalized spacial score (nSPS) is 13.8. The zero-order chi connectivity index (χ0) is 18.2. The van der Waals surface area contributed by atoms with E-state index in [0.29, 0.717) is 13.1 Å². The van der Waals surface area contributed by atoms with Crippen molar-refractivity contribution in [1.82, 2.24) is 9.97 Å². The quantitative estimate of drug-likeness (QED) is 0.417. The Morgan fingerprint density at radius 2 is 1.85 bits per heavy atom. The highest BCUT2D eigenvalue weighted by Crippen LogP contribution is 2.29. The summed E-state index contributed by atoms with van der Waals surface area (Å²) in [6.07, 6.45) is 9.26. The molecule has 0 saturated heterocycles. The molecule has 0 atom stereocenters. The molecule has 1 aliphatic carbocycles. The highest BCUT2D eigenvalue weighted by Gasteiger charge is 2.22. The average molecular weight is 353 g/mol. The van der Waals surface area contributed by atoms with Gasteiger partial charge in [-0.15, -0.1) is 0 Å². The number of allylic oxidation sites excluding steroid dienone is 1. The molecule has 3 rings (SSSR count). The second-order valence-electron chi connectivity index (χ2n) is 6.30. The van der Waals surface area contributed by atoms with E-state index < -0.39 is 4.92 Å². The predicted octanol–water partition coefficient (Wildman–Crippen LogP) is 4.30. The molecule has 1 heterocycles. The van der Waals surface area contributed by atoms with Gasteiger partial charge in [0, 0.05) is 13.1 Å². The van der Waals surface area contributed by atoms with Crippen LogP contribution in [0.3, 0.4) is 0 Å². The lowest BCUT2D eigenvalue weighted by Crippen LogP contribution is -2.11. The van der Waals surface area contributed by atoms with Gasteiger partial charge in [0.15, 0.2) is 0 Å². The van der Waals surface area contributed by atoms with E-state index in [2.05, 4.69) is 26.7 Å². The molecule has 0 radical (unpaired) electrons. The summed E-state index contributed by atoms with van der Waals surface area (Å²) in [7, 11) is 0. The van der Waals surface area contributed by atoms with Crippen LogP contribution in [0.15, 0.2) is 48.3 Å². The minimum atomic E-state index is -0.435. The molecule has 0 spiro atoms. The van der Waals surface area contributed by atoms with Gasteiger partial charge in [0.2, 0.25) is 11.6 Å². The Hall–Kier alpha value is -2.96. The largest absolute Gasteiger partial charge is 0.364 e. The summed E-state index contributed by atoms with van der Waals surface area (Å²) < 4.78 is 0. The molecular formula is C19H23N5O2. The van der Waals surface area contributed by atoms with Crippen molar-refractivity contribution in [1.29, 1.82) is 0 Å². The molecule has 2 aromatic rings. The maximum atomic E-state index is 11.6. The number of hydrogen-bond donors (Lipinski definition) is 2. The second-order valence-corrected chi connectivity index (χ2v) is 6.30. The van der Waals surface area contributed by atoms with E-state index in [4.69, 9.17) is 0 Å². The number of benzene rings is 1. The van der Waals surface area contributed by atoms with E-state index in [1.165, 1.54) is 24.7 Å². The molecule has 136 valence electrons. The van der Waals surface area contributed by atoms with Crippen LogP contribution in [0.5, 0.6) is 0 Å². The van der Waals surface area contributed by atoms with E-state index in [0.717, 1.165) is 24.8 Å². The van der Waals surface area contributed by atoms with E-state index in [1.54, 1.807) is 0 Å². The summed E-state index contributed by atoms with van der Waals surface area (Å²) in [5, 5.41) is 17.7. The topological polar surface area (TPSA) is 93.0 Å². The summed E-state index contributed by atoms with van der Waals surface area (Å²) in [6.45, 7) is 1.09. The first-order chi connectivity index (χ1) is 12.7. The maximum Gasteiger partial charge on any atom is 0.353 e. The van der Waals surface area contributed by atoms with Crippen molar-refractivity contribution in [2.24, 2.45) is 0 Å². The standard InChI is InChI=1S/C19H23N5O2/c25-24(26)17-18(20-12-11-15-7-3-1-4-8-15)22-14-23-19(17)21-13-16-9-5-2-6-10-16/h2,5-7,9-10,14H,1,3-4,8,11-13H2,(H2,20,21,22,23). The number of nitro groups is 1. The van der Waals surface area contributed by atoms with Crippen molar-refractivity contribution in [2.45, 2.75) is 38.6 Å². The van der Waals surface area contributed by atoms with Gasteiger partial charge in [0.25, 0.3) is 0 Å². The highest BCUT2D eigenvalue weighted by atomic mass is 16.6. The van der Waals surface area contributed by atoms with Crippen LogP contribution in [0.25, 0.3) is 0 Å². The average Bonchev–Trinajstić information content (AvgIpc) is 2.68. The van der Waals surface area contributed by atoms with Gasteiger partial charge in [-0.1, -0.05) is 42.0 Å². The maximum absolute atomic E-state index is 11.6. The van der Waals surface area contributed by atoms with Crippen LogP contribution in [0, 0.1) is 10.1 Å². The van der Waals surface area contributed by atoms with Gasteiger partial charge >= 0.3 is 5.69 Å². The third-order valence-electron chi connectivity index (χ3n) is 4.43. The molecule has 0 amide bonds. The van der Waals surface area contributed by atoms with Gasteiger partial charge in [0.05, 0.1) is 4.92 Å². The lowest BCUT2D eigenvalue weighted by atomic mass is 9.97. The van der Waals surface area contributed by atoms with E-state index in [-0.39, 0.29) is 17.3 Å². The van der Waals surface area contributed by atoms with Crippen molar-refractivity contribution in [3.63, 3.8) is 0 Å². The fourth-order valence-corrected chi connectivity index (χ4v) is 3.07. The molecule has 2 N–H and O–H groups in total. The van der Waals surface area contributed by atoms with Gasteiger partial charge in [0.1, 0.15) is 6.33 Å². The first-order valence-corrected chi connectivity index (χ1v) is 8.93. The Morgan fingerprint density at radius 3 is 2.54 bits per heavy atom. The van der Waals surface area contributed by atoms with Crippen LogP contribution >= 0.6 is 0 Å². The van der Waals surface area contributed by atoms with Crippen molar-refractivity contribution >= 4 is 17.3 Å². The number of nitrogens with one attached hydrogen (secondary N) is 2. The monoisotopic (exact) mass is 353 g/mol. The lowest BCUT2D eigenvalue weighted by Gasteiger charge is -2.13. The second kappa shape index (κ2) is 8.94. The number of anilines is 2. The molecule has 26 heavy (non-hydrogen) atoms. The fraction of sp³-hybridized carbons (Fsp3) is 0.368. The molecule has 0 bridgehead atoms. The van der Waals surface area contributed by atoms with Crippen LogP contribution in [0.4, 0.5) is 17.3 Å². The van der Waals surface area contributed by atoms with Gasteiger partial charge in [-0.05, 0) is 37.7 Å². The van der Waals surface area contributed by atoms with E-state index in [1.807, 2.05) is 30.3 Å². The molecule has 1 aromatic carbocycles. The summed E-state index contributed by atoms with van der Waals surface area (Å²) in [6, 6.07) is 9.70. The molecule has 0 saturated carbocycles. The summed E-state index contributed by atoms with van der Waals surface area (Å²) in [4.78, 5) is 19.3. The predicted molar refractivity (Wildman–Crippen MR) is 102 cm³/mol. The van der Waals surface area contributed by atoms with Crippen LogP contribution in [0.2, 0.25) is 0 Å². The van der Waals surface area contributed by atoms with Crippen molar-refractivity contribution in [2.75, 3.05) is 17.2 Å². The molecule has 1 aliphatic rings. The number of hydrogen-bond acceptors (Lipinski definition) is 6. The molecule has 0 fully saturated rings. The Kier molecular flexibility index (Phi) is 6.14. The van der Waals surface area contributed by atoms with Crippen LogP contribution < -0.4 is 10.6 Å². The van der Waals surface area contributed by atoms with Crippen LogP contribution in [-0.4, -0.2) is 21.4 Å². The minimum Gasteiger partial charge on any atom is -0.364 e. The number of rotatable bonds is 8. The zero-order valence-corrected chi connectivity index (χ0v) is 14.6. The van der Waals surface area contributed by atoms with Gasteiger partial charge < -0.3 is 10.6 Å². The van der Waals surface area contributed by atoms with Gasteiger partial charge in [-0.25, -0.2) is 9.97 Å². The molecule has 1 aromatic heterocycles. The third-order valence-corrected chi connectivity index (χ3v) is 4.43. The molecule has 7 nitrogen and oxygen atoms in total. The smallest absolute Gasteiger partial charge is 0.353 e. The molecule has 7 heteroatoms. The number of nitrogens with zero attached hydrogens (tertiary/aromatic N) is 3. The fourth-order valence-electron chi connectivity index (χ4n) is 3.07. The third kappa shape index (κ3) is 4.78. The first-order valence-electron chi connectivity index (χ1n) is 8.93. The van der Waals surface area contributed by atoms with Crippen molar-refractivity contribution in [3.8, 4) is 0 Å². The summed E-state index contributed by atoms with van der Waals surface area (Å²) in [5.74, 6) is 0.491. The molecule has 0 unspecified atom stereocenters. The minimum absolute atomic E-state index is 0.110. The van der Waals surface area contributed by atoms with E-state index in [9.17, 15) is 10.1 Å². The Balaban J connectivity index is 1.67. The summed E-state index contributed by atoms with van der Waals surface area (Å²) >= 11 is 0. The lowest BCUT2D eigenvalue weighted by molar-refractivity contribution is -0.383. The highest BCUT2D eigenvalue weighted by molar-refractivity contribution is 5.69.